The molecule has 0 N–H and O–H groups in total. The van der Waals surface area contributed by atoms with E-state index in [1.807, 2.05) is 0 Å². The summed E-state index contributed by atoms with van der Waals surface area (Å²) in [6, 6.07) is 4.28. The molecule has 0 radical (unpaired) electrons. The van der Waals surface area contributed by atoms with Gasteiger partial charge in [-0.2, -0.15) is 0 Å². The molecular formula is C20H19FN2O8S. The highest BCUT2D eigenvalue weighted by atomic mass is 32.2. The highest BCUT2D eigenvalue weighted by Crippen LogP contribution is 2.39. The van der Waals surface area contributed by atoms with Crippen LogP contribution in [0.1, 0.15) is 39.2 Å². The van der Waals surface area contributed by atoms with Gasteiger partial charge in [-0.15, -0.1) is 0 Å². The van der Waals surface area contributed by atoms with E-state index < -0.39 is 61.0 Å². The fourth-order valence-electron chi connectivity index (χ4n) is 3.53. The molecule has 2 amide bonds. The monoisotopic (exact) mass is 466 g/mol. The third kappa shape index (κ3) is 4.26. The van der Waals surface area contributed by atoms with Gasteiger partial charge >= 0.3 is 0 Å². The van der Waals surface area contributed by atoms with Crippen molar-refractivity contribution in [3.8, 4) is 11.5 Å². The van der Waals surface area contributed by atoms with Crippen LogP contribution in [-0.2, 0) is 9.84 Å². The van der Waals surface area contributed by atoms with Gasteiger partial charge in [-0.05, 0) is 30.7 Å². The summed E-state index contributed by atoms with van der Waals surface area (Å²) >= 11 is 0. The van der Waals surface area contributed by atoms with E-state index in [1.54, 1.807) is 6.92 Å². The number of rotatable bonds is 8. The first-order valence-electron chi connectivity index (χ1n) is 9.32. The summed E-state index contributed by atoms with van der Waals surface area (Å²) in [6.07, 6.45) is 0.924. The lowest BCUT2D eigenvalue weighted by Crippen LogP contribution is -2.37. The zero-order chi connectivity index (χ0) is 23.8. The van der Waals surface area contributed by atoms with Gasteiger partial charge in [0.15, 0.2) is 11.5 Å². The van der Waals surface area contributed by atoms with E-state index in [2.05, 4.69) is 0 Å². The Morgan fingerprint density at radius 3 is 2.41 bits per heavy atom. The quantitative estimate of drug-likeness (QED) is 0.329. The van der Waals surface area contributed by atoms with Crippen molar-refractivity contribution >= 4 is 27.3 Å². The molecule has 10 nitrogen and oxygen atoms in total. The van der Waals surface area contributed by atoms with Crippen LogP contribution in [0.5, 0.6) is 11.5 Å². The predicted molar refractivity (Wildman–Crippen MR) is 110 cm³/mol. The molecule has 1 aliphatic heterocycles. The number of hydrogen-bond acceptors (Lipinski definition) is 8. The Labute approximate surface area is 182 Å². The third-order valence-corrected chi connectivity index (χ3v) is 5.73. The Morgan fingerprint density at radius 1 is 1.16 bits per heavy atom. The van der Waals surface area contributed by atoms with Crippen LogP contribution in [0, 0.1) is 15.9 Å². The number of carbonyl (C=O) groups excluding carboxylic acids is 2. The average molecular weight is 466 g/mol. The highest BCUT2D eigenvalue weighted by molar-refractivity contribution is 7.90. The molecule has 0 saturated carbocycles. The number of benzene rings is 2. The van der Waals surface area contributed by atoms with Crippen LogP contribution in [0.2, 0.25) is 0 Å². The Balaban J connectivity index is 2.18. The molecule has 2 aromatic rings. The molecule has 0 saturated heterocycles. The van der Waals surface area contributed by atoms with Gasteiger partial charge in [0, 0.05) is 6.26 Å². The van der Waals surface area contributed by atoms with Crippen LogP contribution in [-0.4, -0.2) is 55.8 Å². The zero-order valence-corrected chi connectivity index (χ0v) is 18.1. The van der Waals surface area contributed by atoms with Crippen molar-refractivity contribution in [2.75, 3.05) is 25.7 Å². The van der Waals surface area contributed by atoms with E-state index >= 15 is 0 Å². The van der Waals surface area contributed by atoms with Gasteiger partial charge < -0.3 is 9.47 Å². The van der Waals surface area contributed by atoms with Crippen molar-refractivity contribution in [1.29, 1.82) is 0 Å². The van der Waals surface area contributed by atoms with Gasteiger partial charge in [-0.3, -0.25) is 24.6 Å². The largest absolute Gasteiger partial charge is 0.493 e. The van der Waals surface area contributed by atoms with Gasteiger partial charge in [-0.25, -0.2) is 12.8 Å². The smallest absolute Gasteiger partial charge is 0.285 e. The molecule has 3 rings (SSSR count). The maximum atomic E-state index is 13.9. The second-order valence-corrected chi connectivity index (χ2v) is 9.22. The number of ether oxygens (including phenoxy) is 2. The summed E-state index contributed by atoms with van der Waals surface area (Å²) in [5, 5.41) is 11.4. The molecule has 1 heterocycles. The number of nitro benzene ring substituents is 1. The van der Waals surface area contributed by atoms with Gasteiger partial charge in [0.1, 0.15) is 21.2 Å². The number of methoxy groups -OCH3 is 1. The number of halogens is 1. The minimum absolute atomic E-state index is 0.220. The Morgan fingerprint density at radius 2 is 1.84 bits per heavy atom. The van der Waals surface area contributed by atoms with Gasteiger partial charge in [0.25, 0.3) is 17.5 Å². The number of sulfone groups is 1. The van der Waals surface area contributed by atoms with Crippen molar-refractivity contribution in [3.05, 3.63) is 63.0 Å². The number of carbonyl (C=O) groups is 2. The van der Waals surface area contributed by atoms with E-state index in [-0.39, 0.29) is 17.9 Å². The summed E-state index contributed by atoms with van der Waals surface area (Å²) < 4.78 is 48.9. The molecule has 2 aromatic carbocycles. The van der Waals surface area contributed by atoms with Gasteiger partial charge in [0.05, 0.1) is 42.1 Å². The number of nitro groups is 1. The fourth-order valence-corrected chi connectivity index (χ4v) is 4.45. The van der Waals surface area contributed by atoms with E-state index in [4.69, 9.17) is 9.47 Å². The third-order valence-electron chi connectivity index (χ3n) is 4.81. The fraction of sp³-hybridized carbons (Fsp3) is 0.300. The summed E-state index contributed by atoms with van der Waals surface area (Å²) in [7, 11) is -2.34. The normalized spacial score (nSPS) is 14.3. The van der Waals surface area contributed by atoms with Crippen LogP contribution in [0.25, 0.3) is 0 Å². The molecule has 0 fully saturated rings. The maximum Gasteiger partial charge on any atom is 0.285 e. The molecule has 1 atom stereocenters. The summed E-state index contributed by atoms with van der Waals surface area (Å²) in [5.74, 6) is -3.25. The van der Waals surface area contributed by atoms with E-state index in [0.29, 0.717) is 16.7 Å². The van der Waals surface area contributed by atoms with Crippen LogP contribution in [0.15, 0.2) is 30.3 Å². The number of nitrogens with zero attached hydrogens (tertiary/aromatic N) is 2. The van der Waals surface area contributed by atoms with Crippen molar-refractivity contribution in [2.45, 2.75) is 13.0 Å². The van der Waals surface area contributed by atoms with Crippen LogP contribution >= 0.6 is 0 Å². The molecule has 0 bridgehead atoms. The highest BCUT2D eigenvalue weighted by Gasteiger charge is 2.46. The minimum atomic E-state index is -3.74. The van der Waals surface area contributed by atoms with E-state index in [1.165, 1.54) is 25.3 Å². The molecule has 170 valence electrons. The molecule has 0 aromatic heterocycles. The second-order valence-electron chi connectivity index (χ2n) is 7.04. The van der Waals surface area contributed by atoms with Crippen molar-refractivity contribution < 1.29 is 36.8 Å². The maximum absolute atomic E-state index is 13.9. The Kier molecular flexibility index (Phi) is 6.17. The summed E-state index contributed by atoms with van der Waals surface area (Å²) in [6.45, 7) is 1.98. The first-order chi connectivity index (χ1) is 15.0. The Bertz CT molecular complexity index is 1230. The minimum Gasteiger partial charge on any atom is -0.493 e. The molecule has 12 heteroatoms. The van der Waals surface area contributed by atoms with Crippen molar-refractivity contribution in [2.24, 2.45) is 0 Å². The van der Waals surface area contributed by atoms with E-state index in [9.17, 15) is 32.5 Å². The summed E-state index contributed by atoms with van der Waals surface area (Å²) in [4.78, 5) is 37.1. The molecule has 32 heavy (non-hydrogen) atoms. The Hall–Kier alpha value is -3.54. The van der Waals surface area contributed by atoms with Crippen LogP contribution in [0.3, 0.4) is 0 Å². The SMILES string of the molecule is CCOc1cc([C@@H](CS(C)(=O)=O)N2C(=O)c3cc(F)cc([N+](=O)[O-])c3C2=O)ccc1OC. The van der Waals surface area contributed by atoms with Gasteiger partial charge in [-0.1, -0.05) is 6.07 Å². The van der Waals surface area contributed by atoms with E-state index in [0.717, 1.165) is 12.3 Å². The molecule has 1 aliphatic rings. The average Bonchev–Trinajstić information content (AvgIpc) is 2.95. The lowest BCUT2D eigenvalue weighted by molar-refractivity contribution is -0.385. The zero-order valence-electron chi connectivity index (χ0n) is 17.3. The second kappa shape index (κ2) is 8.54. The van der Waals surface area contributed by atoms with Crippen LogP contribution < -0.4 is 9.47 Å². The predicted octanol–water partition coefficient (Wildman–Crippen LogP) is 2.52. The standard InChI is InChI=1S/C20H19FN2O8S/c1-4-31-17-7-11(5-6-16(17)30-2)15(10-32(3,28)29)22-19(24)13-8-12(21)9-14(23(26)27)18(13)20(22)25/h5-9,15H,4,10H2,1-3H3/t15-/m1/s1. The summed E-state index contributed by atoms with van der Waals surface area (Å²) in [5.41, 5.74) is -1.74. The molecule has 0 aliphatic carbocycles. The number of fused-ring (bicyclic) bond motifs is 1. The lowest BCUT2D eigenvalue weighted by atomic mass is 10.1. The molecule has 0 spiro atoms. The van der Waals surface area contributed by atoms with Crippen molar-refractivity contribution in [3.63, 3.8) is 0 Å². The number of hydrogen-bond donors (Lipinski definition) is 0. The first kappa shape index (κ1) is 23.1. The number of amides is 2. The topological polar surface area (TPSA) is 133 Å². The van der Waals surface area contributed by atoms with Gasteiger partial charge in [0.2, 0.25) is 0 Å². The number of imide groups is 1. The lowest BCUT2D eigenvalue weighted by Gasteiger charge is -2.26. The molecule has 0 unspecified atom stereocenters. The van der Waals surface area contributed by atoms with Crippen LogP contribution in [0.4, 0.5) is 10.1 Å². The first-order valence-corrected chi connectivity index (χ1v) is 11.4. The molecular weight excluding hydrogens is 447 g/mol. The van der Waals surface area contributed by atoms with Crippen molar-refractivity contribution in [1.82, 2.24) is 4.90 Å².